The van der Waals surface area contributed by atoms with E-state index in [1.165, 1.54) is 10.8 Å². The first-order valence-electron chi connectivity index (χ1n) is 5.09. The van der Waals surface area contributed by atoms with Gasteiger partial charge in [-0.1, -0.05) is 13.8 Å². The van der Waals surface area contributed by atoms with Gasteiger partial charge in [0.2, 0.25) is 0 Å². The predicted octanol–water partition coefficient (Wildman–Crippen LogP) is 2.97. The van der Waals surface area contributed by atoms with Crippen LogP contribution in [0.3, 0.4) is 0 Å². The molecule has 0 aliphatic heterocycles. The van der Waals surface area contributed by atoms with Crippen molar-refractivity contribution in [2.24, 2.45) is 0 Å². The van der Waals surface area contributed by atoms with Gasteiger partial charge in [0.05, 0.1) is 10.7 Å². The fraction of sp³-hybridized carbons (Fsp3) is 0.700. The van der Waals surface area contributed by atoms with Gasteiger partial charge in [-0.2, -0.15) is 11.8 Å². The van der Waals surface area contributed by atoms with Gasteiger partial charge in [-0.05, 0) is 24.3 Å². The molecule has 2 N–H and O–H groups in total. The molecule has 0 spiro atoms. The first-order valence-corrected chi connectivity index (χ1v) is 7.06. The Morgan fingerprint density at radius 3 is 2.79 bits per heavy atom. The Labute approximate surface area is 94.3 Å². The highest BCUT2D eigenvalue weighted by Gasteiger charge is 2.06. The van der Waals surface area contributed by atoms with Crippen LogP contribution in [0.5, 0.6) is 0 Å². The number of rotatable bonds is 6. The van der Waals surface area contributed by atoms with E-state index in [2.05, 4.69) is 18.8 Å². The van der Waals surface area contributed by atoms with Crippen molar-refractivity contribution in [1.29, 1.82) is 0 Å². The fourth-order valence-electron chi connectivity index (χ4n) is 1.23. The third-order valence-corrected chi connectivity index (χ3v) is 3.81. The molecule has 1 aromatic rings. The van der Waals surface area contributed by atoms with Gasteiger partial charge in [-0.15, -0.1) is 11.3 Å². The number of thioether (sulfide) groups is 1. The largest absolute Gasteiger partial charge is 0.389 e. The molecule has 1 rings (SSSR count). The average Bonchev–Trinajstić information content (AvgIpc) is 2.48. The number of aryl methyl sites for hydroxylation is 2. The third-order valence-electron chi connectivity index (χ3n) is 1.92. The molecule has 0 radical (unpaired) electrons. The van der Waals surface area contributed by atoms with Crippen LogP contribution in [0, 0.1) is 0 Å². The molecule has 0 unspecified atom stereocenters. The molecule has 1 heterocycles. The number of hydrogen-bond acceptors (Lipinski definition) is 4. The Balaban J connectivity index is 2.49. The topological polar surface area (TPSA) is 38.9 Å². The Morgan fingerprint density at radius 2 is 2.14 bits per heavy atom. The van der Waals surface area contributed by atoms with E-state index in [4.69, 9.17) is 5.73 Å². The van der Waals surface area contributed by atoms with Gasteiger partial charge in [0, 0.05) is 6.42 Å². The van der Waals surface area contributed by atoms with E-state index in [0.29, 0.717) is 0 Å². The molecule has 0 saturated heterocycles. The van der Waals surface area contributed by atoms with Crippen LogP contribution in [0.4, 0.5) is 5.00 Å². The van der Waals surface area contributed by atoms with Crippen LogP contribution in [0.1, 0.15) is 31.0 Å². The van der Waals surface area contributed by atoms with Crippen molar-refractivity contribution in [3.05, 3.63) is 10.7 Å². The Morgan fingerprint density at radius 1 is 1.36 bits per heavy atom. The highest BCUT2D eigenvalue weighted by atomic mass is 32.2. The molecule has 80 valence electrons. The van der Waals surface area contributed by atoms with E-state index >= 15 is 0 Å². The molecule has 0 aliphatic rings. The number of hydrogen-bond donors (Lipinski definition) is 1. The summed E-state index contributed by atoms with van der Waals surface area (Å²) < 4.78 is 0. The second-order valence-corrected chi connectivity index (χ2v) is 5.62. The summed E-state index contributed by atoms with van der Waals surface area (Å²) in [5.41, 5.74) is 7.01. The van der Waals surface area contributed by atoms with Crippen LogP contribution in [-0.2, 0) is 12.8 Å². The standard InChI is InChI=1S/C10H18N2S2/c1-3-5-9-12-8(10(11)14-9)6-7-13-4-2/h3-7,11H2,1-2H3. The maximum Gasteiger partial charge on any atom is 0.109 e. The van der Waals surface area contributed by atoms with Crippen molar-refractivity contribution in [1.82, 2.24) is 4.98 Å². The summed E-state index contributed by atoms with van der Waals surface area (Å²) in [5, 5.41) is 2.12. The fourth-order valence-corrected chi connectivity index (χ4v) is 2.84. The highest BCUT2D eigenvalue weighted by molar-refractivity contribution is 7.99. The Hall–Kier alpha value is -0.220. The van der Waals surface area contributed by atoms with Crippen LogP contribution < -0.4 is 5.73 Å². The summed E-state index contributed by atoms with van der Waals surface area (Å²) in [6.07, 6.45) is 3.23. The van der Waals surface area contributed by atoms with Crippen molar-refractivity contribution in [2.75, 3.05) is 17.2 Å². The van der Waals surface area contributed by atoms with E-state index < -0.39 is 0 Å². The lowest BCUT2D eigenvalue weighted by atomic mass is 10.3. The van der Waals surface area contributed by atoms with E-state index in [0.717, 1.165) is 35.7 Å². The number of thiazole rings is 1. The minimum absolute atomic E-state index is 0.921. The summed E-state index contributed by atoms with van der Waals surface area (Å²) in [4.78, 5) is 4.55. The van der Waals surface area contributed by atoms with Crippen LogP contribution in [0.15, 0.2) is 0 Å². The van der Waals surface area contributed by atoms with Gasteiger partial charge in [-0.3, -0.25) is 0 Å². The van der Waals surface area contributed by atoms with Crippen molar-refractivity contribution in [3.8, 4) is 0 Å². The maximum absolute atomic E-state index is 5.90. The van der Waals surface area contributed by atoms with Crippen LogP contribution in [0.2, 0.25) is 0 Å². The smallest absolute Gasteiger partial charge is 0.109 e. The minimum atomic E-state index is 0.921. The summed E-state index contributed by atoms with van der Waals surface area (Å²) in [6.45, 7) is 4.35. The monoisotopic (exact) mass is 230 g/mol. The Kier molecular flexibility index (Phi) is 5.33. The predicted molar refractivity (Wildman–Crippen MR) is 67.2 cm³/mol. The number of aromatic nitrogens is 1. The quantitative estimate of drug-likeness (QED) is 0.764. The lowest BCUT2D eigenvalue weighted by molar-refractivity contribution is 0.895. The first kappa shape index (κ1) is 11.9. The van der Waals surface area contributed by atoms with Crippen molar-refractivity contribution in [2.45, 2.75) is 33.1 Å². The molecule has 2 nitrogen and oxygen atoms in total. The van der Waals surface area contributed by atoms with E-state index in [1.54, 1.807) is 11.3 Å². The molecule has 0 amide bonds. The molecule has 14 heavy (non-hydrogen) atoms. The minimum Gasteiger partial charge on any atom is -0.389 e. The Bertz CT molecular complexity index is 271. The zero-order chi connectivity index (χ0) is 10.4. The molecular weight excluding hydrogens is 212 g/mol. The molecule has 0 fully saturated rings. The molecular formula is C10H18N2S2. The van der Waals surface area contributed by atoms with Crippen LogP contribution in [-0.4, -0.2) is 16.5 Å². The zero-order valence-electron chi connectivity index (χ0n) is 8.88. The SMILES string of the molecule is CCCc1nc(CCSCC)c(N)s1. The van der Waals surface area contributed by atoms with Gasteiger partial charge in [0.15, 0.2) is 0 Å². The second kappa shape index (κ2) is 6.30. The second-order valence-electron chi connectivity index (χ2n) is 3.12. The number of nitrogens with two attached hydrogens (primary N) is 1. The van der Waals surface area contributed by atoms with E-state index in [9.17, 15) is 0 Å². The number of anilines is 1. The lowest BCUT2D eigenvalue weighted by Crippen LogP contribution is -1.94. The molecule has 0 bridgehead atoms. The third kappa shape index (κ3) is 3.50. The maximum atomic E-state index is 5.90. The van der Waals surface area contributed by atoms with Gasteiger partial charge in [0.25, 0.3) is 0 Å². The van der Waals surface area contributed by atoms with Crippen LogP contribution in [0.25, 0.3) is 0 Å². The summed E-state index contributed by atoms with van der Waals surface area (Å²) in [5.74, 6) is 2.31. The van der Waals surface area contributed by atoms with Gasteiger partial charge >= 0.3 is 0 Å². The normalized spacial score (nSPS) is 10.7. The lowest BCUT2D eigenvalue weighted by Gasteiger charge is -1.96. The van der Waals surface area contributed by atoms with Gasteiger partial charge in [0.1, 0.15) is 5.00 Å². The van der Waals surface area contributed by atoms with Crippen molar-refractivity contribution >= 4 is 28.1 Å². The zero-order valence-corrected chi connectivity index (χ0v) is 10.5. The van der Waals surface area contributed by atoms with Gasteiger partial charge < -0.3 is 5.73 Å². The average molecular weight is 230 g/mol. The van der Waals surface area contributed by atoms with Crippen molar-refractivity contribution in [3.63, 3.8) is 0 Å². The molecule has 0 aliphatic carbocycles. The highest BCUT2D eigenvalue weighted by Crippen LogP contribution is 2.23. The summed E-state index contributed by atoms with van der Waals surface area (Å²) in [6, 6.07) is 0. The molecule has 1 aromatic heterocycles. The number of nitrogens with zero attached hydrogens (tertiary/aromatic N) is 1. The van der Waals surface area contributed by atoms with Gasteiger partial charge in [-0.25, -0.2) is 4.98 Å². The molecule has 0 saturated carbocycles. The first-order chi connectivity index (χ1) is 6.77. The van der Waals surface area contributed by atoms with E-state index in [1.807, 2.05) is 11.8 Å². The summed E-state index contributed by atoms with van der Waals surface area (Å²) >= 11 is 3.60. The summed E-state index contributed by atoms with van der Waals surface area (Å²) in [7, 11) is 0. The van der Waals surface area contributed by atoms with Crippen molar-refractivity contribution < 1.29 is 0 Å². The van der Waals surface area contributed by atoms with Crippen LogP contribution >= 0.6 is 23.1 Å². The molecule has 0 atom stereocenters. The molecule has 0 aromatic carbocycles. The van der Waals surface area contributed by atoms with E-state index in [-0.39, 0.29) is 0 Å². The molecule has 4 heteroatoms. The number of nitrogen functional groups attached to an aromatic ring is 1.